The molecule has 5 nitrogen and oxygen atoms in total. The number of urea groups is 1. The highest BCUT2D eigenvalue weighted by atomic mass is 16.3. The Hall–Kier alpha value is -2.01. The molecular weight excluding hydrogens is 314 g/mol. The summed E-state index contributed by atoms with van der Waals surface area (Å²) in [5.41, 5.74) is 1.73. The minimum Gasteiger partial charge on any atom is -0.390 e. The first kappa shape index (κ1) is 16.5. The van der Waals surface area contributed by atoms with Gasteiger partial charge >= 0.3 is 6.03 Å². The summed E-state index contributed by atoms with van der Waals surface area (Å²) in [5.74, 6) is 0.235. The number of aromatic amines is 1. The Morgan fingerprint density at radius 1 is 1.44 bits per heavy atom. The van der Waals surface area contributed by atoms with E-state index in [0.717, 1.165) is 49.7 Å². The second kappa shape index (κ2) is 6.37. The maximum absolute atomic E-state index is 12.8. The first-order valence-corrected chi connectivity index (χ1v) is 9.44. The number of likely N-dealkylation sites (tertiary alicyclic amines) is 1. The van der Waals surface area contributed by atoms with Gasteiger partial charge in [-0.15, -0.1) is 0 Å². The van der Waals surface area contributed by atoms with Crippen LogP contribution in [-0.2, 0) is 0 Å². The molecule has 1 aromatic carbocycles. The molecule has 2 amide bonds. The average Bonchev–Trinajstić information content (AvgIpc) is 3.21. The molecule has 0 radical (unpaired) electrons. The monoisotopic (exact) mass is 341 g/mol. The van der Waals surface area contributed by atoms with E-state index in [1.54, 1.807) is 0 Å². The summed E-state index contributed by atoms with van der Waals surface area (Å²) in [4.78, 5) is 18.0. The van der Waals surface area contributed by atoms with E-state index in [2.05, 4.69) is 35.4 Å². The van der Waals surface area contributed by atoms with Gasteiger partial charge in [0.2, 0.25) is 0 Å². The number of amides is 2. The molecule has 134 valence electrons. The number of H-pyrrole nitrogens is 1. The summed E-state index contributed by atoms with van der Waals surface area (Å²) in [6.45, 7) is 3.55. The largest absolute Gasteiger partial charge is 0.390 e. The number of nitrogens with one attached hydrogen (secondary N) is 2. The van der Waals surface area contributed by atoms with Gasteiger partial charge in [-0.3, -0.25) is 0 Å². The third-order valence-corrected chi connectivity index (χ3v) is 5.93. The van der Waals surface area contributed by atoms with Crippen molar-refractivity contribution in [3.8, 4) is 0 Å². The van der Waals surface area contributed by atoms with Crippen LogP contribution in [-0.4, -0.2) is 39.7 Å². The van der Waals surface area contributed by atoms with Crippen molar-refractivity contribution in [2.24, 2.45) is 5.92 Å². The van der Waals surface area contributed by atoms with Crippen LogP contribution in [0.25, 0.3) is 10.9 Å². The average molecular weight is 341 g/mol. The summed E-state index contributed by atoms with van der Waals surface area (Å²) in [6.07, 6.45) is 6.56. The summed E-state index contributed by atoms with van der Waals surface area (Å²) in [7, 11) is 0. The second-order valence-corrected chi connectivity index (χ2v) is 7.59. The highest BCUT2D eigenvalue weighted by molar-refractivity contribution is 5.84. The molecule has 2 atom stereocenters. The minimum absolute atomic E-state index is 0.00985. The molecule has 2 fully saturated rings. The van der Waals surface area contributed by atoms with E-state index in [1.807, 2.05) is 17.2 Å². The molecule has 3 N–H and O–H groups in total. The number of benzene rings is 1. The molecule has 1 saturated heterocycles. The van der Waals surface area contributed by atoms with Gasteiger partial charge in [0.15, 0.2) is 0 Å². The Bertz CT molecular complexity index is 765. The van der Waals surface area contributed by atoms with E-state index in [-0.39, 0.29) is 18.0 Å². The predicted octanol–water partition coefficient (Wildman–Crippen LogP) is 3.57. The number of carbonyl (C=O) groups excluding carboxylic acids is 1. The molecular formula is C20H27N3O2. The number of rotatable bonds is 4. The highest BCUT2D eigenvalue weighted by Crippen LogP contribution is 2.45. The van der Waals surface area contributed by atoms with Gasteiger partial charge in [0, 0.05) is 25.2 Å². The molecule has 2 heterocycles. The summed E-state index contributed by atoms with van der Waals surface area (Å²) in [5, 5.41) is 14.8. The SMILES string of the molecule is CCC(NC(=O)N1CCCC(C2(O)CC2)C1)c1cccc2cc[nH]c12. The van der Waals surface area contributed by atoms with E-state index in [4.69, 9.17) is 0 Å². The first-order valence-electron chi connectivity index (χ1n) is 9.44. The molecule has 2 aliphatic rings. The summed E-state index contributed by atoms with van der Waals surface area (Å²) < 4.78 is 0. The first-order chi connectivity index (χ1) is 12.1. The van der Waals surface area contributed by atoms with Gasteiger partial charge in [-0.2, -0.15) is 0 Å². The Labute approximate surface area is 148 Å². The maximum atomic E-state index is 12.8. The molecule has 2 unspecified atom stereocenters. The zero-order valence-electron chi connectivity index (χ0n) is 14.8. The molecule has 5 heteroatoms. The third-order valence-electron chi connectivity index (χ3n) is 5.93. The van der Waals surface area contributed by atoms with Gasteiger partial charge in [0.1, 0.15) is 0 Å². The van der Waals surface area contributed by atoms with Gasteiger partial charge in [-0.05, 0) is 49.1 Å². The number of piperidine rings is 1. The van der Waals surface area contributed by atoms with Crippen LogP contribution in [0.5, 0.6) is 0 Å². The van der Waals surface area contributed by atoms with Crippen LogP contribution >= 0.6 is 0 Å². The summed E-state index contributed by atoms with van der Waals surface area (Å²) in [6, 6.07) is 8.23. The number of fused-ring (bicyclic) bond motifs is 1. The lowest BCUT2D eigenvalue weighted by Crippen LogP contribution is -2.49. The Morgan fingerprint density at radius 3 is 3.04 bits per heavy atom. The zero-order valence-corrected chi connectivity index (χ0v) is 14.8. The number of aliphatic hydroxyl groups is 1. The lowest BCUT2D eigenvalue weighted by atomic mass is 9.91. The van der Waals surface area contributed by atoms with Crippen molar-refractivity contribution in [2.75, 3.05) is 13.1 Å². The number of para-hydroxylation sites is 1. The van der Waals surface area contributed by atoms with Crippen LogP contribution < -0.4 is 5.32 Å². The van der Waals surface area contributed by atoms with Gasteiger partial charge in [-0.25, -0.2) is 4.79 Å². The van der Waals surface area contributed by atoms with E-state index >= 15 is 0 Å². The van der Waals surface area contributed by atoms with Crippen molar-refractivity contribution >= 4 is 16.9 Å². The molecule has 1 saturated carbocycles. The second-order valence-electron chi connectivity index (χ2n) is 7.59. The van der Waals surface area contributed by atoms with Crippen molar-refractivity contribution < 1.29 is 9.90 Å². The predicted molar refractivity (Wildman–Crippen MR) is 98.3 cm³/mol. The van der Waals surface area contributed by atoms with Crippen LogP contribution in [0.4, 0.5) is 4.79 Å². The van der Waals surface area contributed by atoms with Crippen molar-refractivity contribution in [3.05, 3.63) is 36.0 Å². The number of nitrogens with zero attached hydrogens (tertiary/aromatic N) is 1. The Balaban J connectivity index is 1.48. The van der Waals surface area contributed by atoms with Crippen molar-refractivity contribution in [1.82, 2.24) is 15.2 Å². The quantitative estimate of drug-likeness (QED) is 0.796. The highest BCUT2D eigenvalue weighted by Gasteiger charge is 2.49. The van der Waals surface area contributed by atoms with Crippen LogP contribution in [0.15, 0.2) is 30.5 Å². The number of carbonyl (C=O) groups is 1. The molecule has 2 aromatic rings. The lowest BCUT2D eigenvalue weighted by molar-refractivity contribution is 0.0411. The standard InChI is InChI=1S/C20H27N3O2/c1-2-17(16-7-3-5-14-8-11-21-18(14)16)22-19(24)23-12-4-6-15(13-23)20(25)9-10-20/h3,5,7-8,11,15,17,21,25H,2,4,6,9-10,12-13H2,1H3,(H,22,24). The maximum Gasteiger partial charge on any atom is 0.317 e. The van der Waals surface area contributed by atoms with Crippen LogP contribution in [0.3, 0.4) is 0 Å². The van der Waals surface area contributed by atoms with E-state index in [1.165, 1.54) is 5.39 Å². The number of hydrogen-bond donors (Lipinski definition) is 3. The minimum atomic E-state index is -0.501. The van der Waals surface area contributed by atoms with E-state index in [9.17, 15) is 9.90 Å². The molecule has 4 rings (SSSR count). The van der Waals surface area contributed by atoms with Gasteiger partial charge in [0.05, 0.1) is 17.2 Å². The molecule has 0 spiro atoms. The number of hydrogen-bond acceptors (Lipinski definition) is 2. The Morgan fingerprint density at radius 2 is 2.28 bits per heavy atom. The van der Waals surface area contributed by atoms with Crippen molar-refractivity contribution in [1.29, 1.82) is 0 Å². The van der Waals surface area contributed by atoms with E-state index < -0.39 is 5.60 Å². The van der Waals surface area contributed by atoms with Crippen LogP contribution in [0.1, 0.15) is 50.6 Å². The normalized spacial score (nSPS) is 23.4. The van der Waals surface area contributed by atoms with Gasteiger partial charge in [-0.1, -0.05) is 25.1 Å². The topological polar surface area (TPSA) is 68.4 Å². The molecule has 1 aliphatic carbocycles. The zero-order chi connectivity index (χ0) is 17.4. The molecule has 25 heavy (non-hydrogen) atoms. The van der Waals surface area contributed by atoms with Crippen molar-refractivity contribution in [2.45, 2.75) is 50.7 Å². The van der Waals surface area contributed by atoms with Crippen molar-refractivity contribution in [3.63, 3.8) is 0 Å². The molecule has 1 aliphatic heterocycles. The van der Waals surface area contributed by atoms with Gasteiger partial charge in [0.25, 0.3) is 0 Å². The van der Waals surface area contributed by atoms with Crippen LogP contribution in [0.2, 0.25) is 0 Å². The smallest absolute Gasteiger partial charge is 0.317 e. The van der Waals surface area contributed by atoms with Crippen LogP contribution in [0, 0.1) is 5.92 Å². The fraction of sp³-hybridized carbons (Fsp3) is 0.550. The van der Waals surface area contributed by atoms with Gasteiger partial charge < -0.3 is 20.3 Å². The molecule has 1 aromatic heterocycles. The molecule has 0 bridgehead atoms. The van der Waals surface area contributed by atoms with E-state index in [0.29, 0.717) is 6.54 Å². The lowest BCUT2D eigenvalue weighted by Gasteiger charge is -2.36. The fourth-order valence-electron chi connectivity index (χ4n) is 4.18. The summed E-state index contributed by atoms with van der Waals surface area (Å²) >= 11 is 0. The number of aromatic nitrogens is 1. The third kappa shape index (κ3) is 3.13. The Kier molecular flexibility index (Phi) is 4.20. The fourth-order valence-corrected chi connectivity index (χ4v) is 4.18.